The molecule has 0 saturated carbocycles. The fourth-order valence-electron chi connectivity index (χ4n) is 0.830. The van der Waals surface area contributed by atoms with E-state index in [1.54, 1.807) is 0 Å². The van der Waals surface area contributed by atoms with Gasteiger partial charge < -0.3 is 10.5 Å². The van der Waals surface area contributed by atoms with E-state index in [4.69, 9.17) is 10.5 Å². The SMILES string of the molecule is I.NCC1CCCO1. The van der Waals surface area contributed by atoms with Gasteiger partial charge in [-0.2, -0.15) is 0 Å². The predicted molar refractivity (Wildman–Crippen MR) is 43.4 cm³/mol. The number of ether oxygens (including phenoxy) is 1. The number of hydrogen-bond donors (Lipinski definition) is 1. The van der Waals surface area contributed by atoms with Crippen LogP contribution in [-0.4, -0.2) is 19.3 Å². The Kier molecular flexibility index (Phi) is 4.89. The Hall–Kier alpha value is 0.650. The first-order valence-corrected chi connectivity index (χ1v) is 2.75. The highest BCUT2D eigenvalue weighted by Gasteiger charge is 2.11. The lowest BCUT2D eigenvalue weighted by atomic mass is 10.2. The van der Waals surface area contributed by atoms with E-state index in [0.29, 0.717) is 12.6 Å². The molecule has 2 N–H and O–H groups in total. The molecule has 0 bridgehead atoms. The van der Waals surface area contributed by atoms with Crippen LogP contribution in [0.25, 0.3) is 0 Å². The minimum atomic E-state index is 0. The van der Waals surface area contributed by atoms with Crippen LogP contribution < -0.4 is 5.73 Å². The molecule has 1 rings (SSSR count). The van der Waals surface area contributed by atoms with Crippen LogP contribution in [-0.2, 0) is 4.74 Å². The quantitative estimate of drug-likeness (QED) is 0.673. The van der Waals surface area contributed by atoms with Gasteiger partial charge >= 0.3 is 0 Å². The van der Waals surface area contributed by atoms with E-state index in [-0.39, 0.29) is 24.0 Å². The van der Waals surface area contributed by atoms with Gasteiger partial charge in [-0.15, -0.1) is 24.0 Å². The third kappa shape index (κ3) is 2.28. The van der Waals surface area contributed by atoms with E-state index >= 15 is 0 Å². The Morgan fingerprint density at radius 2 is 2.38 bits per heavy atom. The van der Waals surface area contributed by atoms with E-state index < -0.39 is 0 Å². The highest BCUT2D eigenvalue weighted by atomic mass is 127. The third-order valence-electron chi connectivity index (χ3n) is 1.29. The molecule has 2 nitrogen and oxygen atoms in total. The second-order valence-corrected chi connectivity index (χ2v) is 1.87. The molecule has 0 spiro atoms. The van der Waals surface area contributed by atoms with Gasteiger partial charge in [-0.25, -0.2) is 0 Å². The lowest BCUT2D eigenvalue weighted by Crippen LogP contribution is -2.17. The second-order valence-electron chi connectivity index (χ2n) is 1.87. The first kappa shape index (κ1) is 8.65. The molecular formula is C5H12INO. The van der Waals surface area contributed by atoms with Gasteiger partial charge in [-0.05, 0) is 12.8 Å². The molecular weight excluding hydrogens is 217 g/mol. The van der Waals surface area contributed by atoms with E-state index in [0.717, 1.165) is 13.0 Å². The van der Waals surface area contributed by atoms with Gasteiger partial charge in [0.1, 0.15) is 0 Å². The van der Waals surface area contributed by atoms with Gasteiger partial charge in [0, 0.05) is 13.2 Å². The van der Waals surface area contributed by atoms with Crippen LogP contribution in [0, 0.1) is 0 Å². The van der Waals surface area contributed by atoms with Crippen molar-refractivity contribution in [3.63, 3.8) is 0 Å². The summed E-state index contributed by atoms with van der Waals surface area (Å²) in [6.45, 7) is 1.61. The van der Waals surface area contributed by atoms with Crippen LogP contribution in [0.5, 0.6) is 0 Å². The Labute approximate surface area is 66.8 Å². The largest absolute Gasteiger partial charge is 0.377 e. The highest BCUT2D eigenvalue weighted by Crippen LogP contribution is 2.09. The van der Waals surface area contributed by atoms with Gasteiger partial charge in [0.25, 0.3) is 0 Å². The van der Waals surface area contributed by atoms with E-state index in [2.05, 4.69) is 0 Å². The number of halogens is 1. The van der Waals surface area contributed by atoms with Crippen molar-refractivity contribution < 1.29 is 4.74 Å². The average Bonchev–Trinajstić information content (AvgIpc) is 2.14. The predicted octanol–water partition coefficient (Wildman–Crippen LogP) is 0.742. The maximum atomic E-state index is 5.31. The number of rotatable bonds is 1. The normalized spacial score (nSPS) is 27.4. The van der Waals surface area contributed by atoms with Crippen molar-refractivity contribution >= 4 is 24.0 Å². The summed E-state index contributed by atoms with van der Waals surface area (Å²) in [4.78, 5) is 0. The third-order valence-corrected chi connectivity index (χ3v) is 1.29. The number of hydrogen-bond acceptors (Lipinski definition) is 2. The molecule has 1 unspecified atom stereocenters. The summed E-state index contributed by atoms with van der Waals surface area (Å²) in [5.41, 5.74) is 5.31. The molecule has 1 atom stereocenters. The molecule has 8 heavy (non-hydrogen) atoms. The lowest BCUT2D eigenvalue weighted by Gasteiger charge is -2.01. The Bertz CT molecular complexity index is 54.4. The Morgan fingerprint density at radius 3 is 2.62 bits per heavy atom. The fourth-order valence-corrected chi connectivity index (χ4v) is 0.830. The zero-order chi connectivity index (χ0) is 5.11. The van der Waals surface area contributed by atoms with Crippen molar-refractivity contribution in [2.45, 2.75) is 18.9 Å². The summed E-state index contributed by atoms with van der Waals surface area (Å²) in [5, 5.41) is 0. The summed E-state index contributed by atoms with van der Waals surface area (Å²) < 4.78 is 5.18. The molecule has 0 aliphatic carbocycles. The van der Waals surface area contributed by atoms with Crippen molar-refractivity contribution in [1.29, 1.82) is 0 Å². The summed E-state index contributed by atoms with van der Waals surface area (Å²) in [5.74, 6) is 0. The van der Waals surface area contributed by atoms with Crippen molar-refractivity contribution in [2.24, 2.45) is 5.73 Å². The minimum Gasteiger partial charge on any atom is -0.377 e. The standard InChI is InChI=1S/C5H11NO.HI/c6-4-5-2-1-3-7-5;/h5H,1-4,6H2;1H. The van der Waals surface area contributed by atoms with E-state index in [1.807, 2.05) is 0 Å². The molecule has 0 aromatic heterocycles. The second kappa shape index (κ2) is 4.52. The molecule has 50 valence electrons. The van der Waals surface area contributed by atoms with Gasteiger partial charge in [-0.3, -0.25) is 0 Å². The first-order valence-electron chi connectivity index (χ1n) is 2.75. The van der Waals surface area contributed by atoms with Gasteiger partial charge in [0.05, 0.1) is 6.10 Å². The lowest BCUT2D eigenvalue weighted by molar-refractivity contribution is 0.117. The minimum absolute atomic E-state index is 0. The molecule has 0 amide bonds. The first-order chi connectivity index (χ1) is 3.43. The van der Waals surface area contributed by atoms with Crippen LogP contribution in [0.2, 0.25) is 0 Å². The molecule has 0 radical (unpaired) electrons. The van der Waals surface area contributed by atoms with Crippen molar-refractivity contribution in [3.8, 4) is 0 Å². The molecule has 1 saturated heterocycles. The van der Waals surface area contributed by atoms with Crippen LogP contribution in [0.15, 0.2) is 0 Å². The molecule has 1 heterocycles. The summed E-state index contributed by atoms with van der Waals surface area (Å²) in [6, 6.07) is 0. The molecule has 0 aromatic carbocycles. The summed E-state index contributed by atoms with van der Waals surface area (Å²) in [6.07, 6.45) is 2.73. The monoisotopic (exact) mass is 229 g/mol. The summed E-state index contributed by atoms with van der Waals surface area (Å²) in [7, 11) is 0. The van der Waals surface area contributed by atoms with Crippen molar-refractivity contribution in [1.82, 2.24) is 0 Å². The molecule has 1 aliphatic heterocycles. The van der Waals surface area contributed by atoms with Crippen molar-refractivity contribution in [2.75, 3.05) is 13.2 Å². The maximum Gasteiger partial charge on any atom is 0.0698 e. The Morgan fingerprint density at radius 1 is 1.62 bits per heavy atom. The zero-order valence-electron chi connectivity index (χ0n) is 4.80. The van der Waals surface area contributed by atoms with Crippen molar-refractivity contribution in [3.05, 3.63) is 0 Å². The van der Waals surface area contributed by atoms with Gasteiger partial charge in [-0.1, -0.05) is 0 Å². The van der Waals surface area contributed by atoms with Crippen LogP contribution in [0.4, 0.5) is 0 Å². The molecule has 3 heteroatoms. The summed E-state index contributed by atoms with van der Waals surface area (Å²) >= 11 is 0. The topological polar surface area (TPSA) is 35.2 Å². The van der Waals surface area contributed by atoms with Crippen LogP contribution >= 0.6 is 24.0 Å². The van der Waals surface area contributed by atoms with E-state index in [9.17, 15) is 0 Å². The molecule has 0 aromatic rings. The highest BCUT2D eigenvalue weighted by molar-refractivity contribution is 14.0. The molecule has 1 fully saturated rings. The average molecular weight is 229 g/mol. The van der Waals surface area contributed by atoms with E-state index in [1.165, 1.54) is 6.42 Å². The van der Waals surface area contributed by atoms with Gasteiger partial charge in [0.2, 0.25) is 0 Å². The van der Waals surface area contributed by atoms with Crippen LogP contribution in [0.1, 0.15) is 12.8 Å². The molecule has 1 aliphatic rings. The fraction of sp³-hybridized carbons (Fsp3) is 1.00. The Balaban J connectivity index is 0.000000490. The smallest absolute Gasteiger partial charge is 0.0698 e. The van der Waals surface area contributed by atoms with Gasteiger partial charge in [0.15, 0.2) is 0 Å². The number of nitrogens with two attached hydrogens (primary N) is 1. The zero-order valence-corrected chi connectivity index (χ0v) is 7.13. The van der Waals surface area contributed by atoms with Crippen LogP contribution in [0.3, 0.4) is 0 Å². The maximum absolute atomic E-state index is 5.31.